The molecule has 7 heteroatoms. The van der Waals surface area contributed by atoms with Gasteiger partial charge in [-0.25, -0.2) is 13.1 Å². The lowest BCUT2D eigenvalue weighted by Gasteiger charge is -2.21. The molecule has 1 aromatic carbocycles. The molecular formula is C13H19NO3S3. The van der Waals surface area contributed by atoms with Gasteiger partial charge in [-0.15, -0.1) is 0 Å². The van der Waals surface area contributed by atoms with Gasteiger partial charge in [-0.2, -0.15) is 23.5 Å². The van der Waals surface area contributed by atoms with Crippen molar-refractivity contribution < 1.29 is 13.5 Å². The Morgan fingerprint density at radius 1 is 1.25 bits per heavy atom. The van der Waals surface area contributed by atoms with Gasteiger partial charge in [0.1, 0.15) is 0 Å². The zero-order valence-electron chi connectivity index (χ0n) is 11.1. The van der Waals surface area contributed by atoms with E-state index in [-0.39, 0.29) is 11.5 Å². The third-order valence-electron chi connectivity index (χ3n) is 3.02. The minimum absolute atomic E-state index is 0.0704. The van der Waals surface area contributed by atoms with Crippen LogP contribution in [0.2, 0.25) is 0 Å². The lowest BCUT2D eigenvalue weighted by Crippen LogP contribution is -2.33. The minimum atomic E-state index is -3.43. The largest absolute Gasteiger partial charge is 0.396 e. The van der Waals surface area contributed by atoms with Gasteiger partial charge in [0.15, 0.2) is 0 Å². The molecule has 4 nitrogen and oxygen atoms in total. The summed E-state index contributed by atoms with van der Waals surface area (Å²) in [6.45, 7) is 0.555. The Kier molecular flexibility index (Phi) is 6.22. The van der Waals surface area contributed by atoms with Crippen LogP contribution in [0.5, 0.6) is 0 Å². The molecule has 20 heavy (non-hydrogen) atoms. The standard InChI is InChI=1S/C13H19NO3S3/c15-6-5-11-1-3-13(4-2-11)20(16,17)14-9-12-10-18-7-8-19-12/h1-4,12,14-15H,5-10H2. The van der Waals surface area contributed by atoms with E-state index in [1.807, 2.05) is 23.5 Å². The maximum absolute atomic E-state index is 12.2. The molecule has 1 fully saturated rings. The molecule has 1 aliphatic heterocycles. The Morgan fingerprint density at radius 3 is 2.60 bits per heavy atom. The number of thioether (sulfide) groups is 2. The maximum Gasteiger partial charge on any atom is 0.240 e. The number of sulfonamides is 1. The predicted octanol–water partition coefficient (Wildman–Crippen LogP) is 1.35. The molecule has 1 aromatic rings. The Labute approximate surface area is 128 Å². The van der Waals surface area contributed by atoms with Gasteiger partial charge >= 0.3 is 0 Å². The monoisotopic (exact) mass is 333 g/mol. The van der Waals surface area contributed by atoms with Crippen LogP contribution in [0, 0.1) is 0 Å². The van der Waals surface area contributed by atoms with Crippen molar-refractivity contribution in [3.63, 3.8) is 0 Å². The van der Waals surface area contributed by atoms with Crippen LogP contribution in [0.25, 0.3) is 0 Å². The number of hydrogen-bond acceptors (Lipinski definition) is 5. The number of rotatable bonds is 6. The van der Waals surface area contributed by atoms with Gasteiger partial charge in [0, 0.05) is 35.7 Å². The van der Waals surface area contributed by atoms with Crippen molar-refractivity contribution in [2.75, 3.05) is 30.4 Å². The summed E-state index contributed by atoms with van der Waals surface area (Å²) >= 11 is 3.71. The summed E-state index contributed by atoms with van der Waals surface area (Å²) in [7, 11) is -3.43. The van der Waals surface area contributed by atoms with Crippen molar-refractivity contribution in [1.29, 1.82) is 0 Å². The second-order valence-corrected chi connectivity index (χ2v) is 8.86. The third kappa shape index (κ3) is 4.66. The zero-order chi connectivity index (χ0) is 14.4. The van der Waals surface area contributed by atoms with E-state index in [4.69, 9.17) is 5.11 Å². The summed E-state index contributed by atoms with van der Waals surface area (Å²) < 4.78 is 27.0. The second-order valence-electron chi connectivity index (χ2n) is 4.54. The van der Waals surface area contributed by atoms with Gasteiger partial charge in [-0.3, -0.25) is 0 Å². The second kappa shape index (κ2) is 7.70. The van der Waals surface area contributed by atoms with Gasteiger partial charge in [0.05, 0.1) is 4.90 Å². The Hall–Kier alpha value is -0.210. The van der Waals surface area contributed by atoms with Crippen molar-refractivity contribution in [2.24, 2.45) is 0 Å². The summed E-state index contributed by atoms with van der Waals surface area (Å²) in [5.74, 6) is 3.25. The number of hydrogen-bond donors (Lipinski definition) is 2. The SMILES string of the molecule is O=S(=O)(NCC1CSCCS1)c1ccc(CCO)cc1. The highest BCUT2D eigenvalue weighted by Crippen LogP contribution is 2.23. The van der Waals surface area contributed by atoms with Crippen molar-refractivity contribution >= 4 is 33.5 Å². The molecule has 2 rings (SSSR count). The van der Waals surface area contributed by atoms with Crippen molar-refractivity contribution in [2.45, 2.75) is 16.6 Å². The quantitative estimate of drug-likeness (QED) is 0.823. The first-order chi connectivity index (χ1) is 9.62. The molecule has 1 atom stereocenters. The van der Waals surface area contributed by atoms with Crippen LogP contribution in [0.15, 0.2) is 29.2 Å². The van der Waals surface area contributed by atoms with Crippen molar-refractivity contribution in [3.05, 3.63) is 29.8 Å². The predicted molar refractivity (Wildman–Crippen MR) is 86.0 cm³/mol. The van der Waals surface area contributed by atoms with Gasteiger partial charge in [-0.05, 0) is 24.1 Å². The molecule has 1 saturated heterocycles. The van der Waals surface area contributed by atoms with Crippen LogP contribution < -0.4 is 4.72 Å². The lowest BCUT2D eigenvalue weighted by atomic mass is 10.2. The molecule has 0 saturated carbocycles. The van der Waals surface area contributed by atoms with Gasteiger partial charge in [0.2, 0.25) is 10.0 Å². The molecule has 0 amide bonds. The molecule has 112 valence electrons. The van der Waals surface area contributed by atoms with E-state index < -0.39 is 10.0 Å². The fourth-order valence-corrected chi connectivity index (χ4v) is 5.70. The molecule has 0 bridgehead atoms. The maximum atomic E-state index is 12.2. The van der Waals surface area contributed by atoms with Crippen LogP contribution in [0.1, 0.15) is 5.56 Å². The van der Waals surface area contributed by atoms with E-state index in [0.29, 0.717) is 18.2 Å². The molecule has 1 aliphatic rings. The first-order valence-electron chi connectivity index (χ1n) is 6.50. The highest BCUT2D eigenvalue weighted by molar-refractivity contribution is 8.06. The van der Waals surface area contributed by atoms with E-state index in [9.17, 15) is 8.42 Å². The first-order valence-corrected chi connectivity index (χ1v) is 10.2. The Morgan fingerprint density at radius 2 is 2.00 bits per heavy atom. The van der Waals surface area contributed by atoms with Gasteiger partial charge in [0.25, 0.3) is 0 Å². The summed E-state index contributed by atoms with van der Waals surface area (Å²) in [6, 6.07) is 6.68. The smallest absolute Gasteiger partial charge is 0.240 e. The van der Waals surface area contributed by atoms with E-state index in [2.05, 4.69) is 4.72 Å². The van der Waals surface area contributed by atoms with E-state index in [1.54, 1.807) is 24.3 Å². The highest BCUT2D eigenvalue weighted by Gasteiger charge is 2.19. The van der Waals surface area contributed by atoms with Gasteiger partial charge < -0.3 is 5.11 Å². The molecule has 0 radical (unpaired) electrons. The van der Waals surface area contributed by atoms with Crippen molar-refractivity contribution in [3.8, 4) is 0 Å². The van der Waals surface area contributed by atoms with E-state index in [0.717, 1.165) is 22.8 Å². The molecular weight excluding hydrogens is 314 g/mol. The highest BCUT2D eigenvalue weighted by atomic mass is 32.2. The summed E-state index contributed by atoms with van der Waals surface area (Å²) in [5.41, 5.74) is 0.936. The lowest BCUT2D eigenvalue weighted by molar-refractivity contribution is 0.299. The molecule has 1 unspecified atom stereocenters. The van der Waals surface area contributed by atoms with Gasteiger partial charge in [-0.1, -0.05) is 12.1 Å². The first kappa shape index (κ1) is 16.2. The summed E-state index contributed by atoms with van der Waals surface area (Å²) in [6.07, 6.45) is 0.545. The number of nitrogens with one attached hydrogen (secondary N) is 1. The summed E-state index contributed by atoms with van der Waals surface area (Å²) in [4.78, 5) is 0.285. The fraction of sp³-hybridized carbons (Fsp3) is 0.538. The average Bonchev–Trinajstić information content (AvgIpc) is 2.47. The molecule has 0 spiro atoms. The zero-order valence-corrected chi connectivity index (χ0v) is 13.6. The number of aliphatic hydroxyl groups is 1. The molecule has 1 heterocycles. The van der Waals surface area contributed by atoms with Crippen LogP contribution in [-0.4, -0.2) is 49.2 Å². The fourth-order valence-electron chi connectivity index (χ4n) is 1.90. The minimum Gasteiger partial charge on any atom is -0.396 e. The van der Waals surface area contributed by atoms with Crippen LogP contribution in [0.4, 0.5) is 0 Å². The molecule has 2 N–H and O–H groups in total. The topological polar surface area (TPSA) is 66.4 Å². The van der Waals surface area contributed by atoms with Crippen molar-refractivity contribution in [1.82, 2.24) is 4.72 Å². The van der Waals surface area contributed by atoms with Crippen LogP contribution in [-0.2, 0) is 16.4 Å². The average molecular weight is 334 g/mol. The molecule has 0 aliphatic carbocycles. The Balaban J connectivity index is 1.94. The number of aliphatic hydroxyl groups excluding tert-OH is 1. The Bertz CT molecular complexity index is 510. The number of benzene rings is 1. The normalized spacial score (nSPS) is 19.9. The van der Waals surface area contributed by atoms with E-state index >= 15 is 0 Å². The van der Waals surface area contributed by atoms with E-state index in [1.165, 1.54) is 0 Å². The molecule has 0 aromatic heterocycles. The van der Waals surface area contributed by atoms with Crippen LogP contribution >= 0.6 is 23.5 Å². The third-order valence-corrected chi connectivity index (χ3v) is 7.30. The summed E-state index contributed by atoms with van der Waals surface area (Å²) in [5, 5.41) is 9.20. The van der Waals surface area contributed by atoms with Crippen LogP contribution in [0.3, 0.4) is 0 Å².